The molecule has 3 amide bonds. The van der Waals surface area contributed by atoms with Gasteiger partial charge in [-0.25, -0.2) is 4.79 Å². The molecule has 5 heteroatoms. The first-order valence-electron chi connectivity index (χ1n) is 7.92. The molecule has 3 N–H and O–H groups in total. The first kappa shape index (κ1) is 17.5. The highest BCUT2D eigenvalue weighted by atomic mass is 16.2. The number of aryl methyl sites for hydroxylation is 1. The number of carbonyl (C=O) groups excluding carboxylic acids is 2. The van der Waals surface area contributed by atoms with Crippen LogP contribution in [0.15, 0.2) is 48.5 Å². The molecule has 0 heterocycles. The molecule has 0 radical (unpaired) electrons. The zero-order valence-electron chi connectivity index (χ0n) is 14.2. The van der Waals surface area contributed by atoms with Gasteiger partial charge in [0.1, 0.15) is 0 Å². The summed E-state index contributed by atoms with van der Waals surface area (Å²) >= 11 is 0. The van der Waals surface area contributed by atoms with Crippen molar-refractivity contribution in [3.8, 4) is 0 Å². The van der Waals surface area contributed by atoms with Crippen LogP contribution in [0.2, 0.25) is 0 Å². The average molecular weight is 325 g/mol. The van der Waals surface area contributed by atoms with Crippen LogP contribution in [0.5, 0.6) is 0 Å². The Hall–Kier alpha value is -2.82. The first-order valence-corrected chi connectivity index (χ1v) is 7.92. The first-order chi connectivity index (χ1) is 11.5. The quantitative estimate of drug-likeness (QED) is 0.789. The third kappa shape index (κ3) is 4.84. The fraction of sp³-hybridized carbons (Fsp3) is 0.263. The van der Waals surface area contributed by atoms with E-state index in [9.17, 15) is 9.59 Å². The van der Waals surface area contributed by atoms with Gasteiger partial charge in [-0.15, -0.1) is 0 Å². The third-order valence-electron chi connectivity index (χ3n) is 3.94. The number of anilines is 1. The van der Waals surface area contributed by atoms with Crippen LogP contribution in [0.4, 0.5) is 10.5 Å². The lowest BCUT2D eigenvalue weighted by molar-refractivity contribution is -0.115. The third-order valence-corrected chi connectivity index (χ3v) is 3.94. The Morgan fingerprint density at radius 3 is 2.42 bits per heavy atom. The van der Waals surface area contributed by atoms with Crippen LogP contribution in [-0.2, 0) is 4.79 Å². The second-order valence-corrected chi connectivity index (χ2v) is 5.76. The van der Waals surface area contributed by atoms with Gasteiger partial charge >= 0.3 is 6.03 Å². The van der Waals surface area contributed by atoms with Gasteiger partial charge in [-0.1, -0.05) is 42.5 Å². The predicted molar refractivity (Wildman–Crippen MR) is 95.9 cm³/mol. The van der Waals surface area contributed by atoms with Crippen molar-refractivity contribution < 1.29 is 9.59 Å². The van der Waals surface area contributed by atoms with Crippen molar-refractivity contribution in [3.63, 3.8) is 0 Å². The second kappa shape index (κ2) is 8.15. The molecule has 0 unspecified atom stereocenters. The van der Waals surface area contributed by atoms with Crippen molar-refractivity contribution in [2.45, 2.75) is 26.8 Å². The smallest absolute Gasteiger partial charge is 0.315 e. The molecule has 0 aromatic heterocycles. The number of nitrogens with one attached hydrogen (secondary N) is 3. The molecule has 2 aromatic carbocycles. The summed E-state index contributed by atoms with van der Waals surface area (Å²) in [6.07, 6.45) is 0. The second-order valence-electron chi connectivity index (χ2n) is 5.76. The van der Waals surface area contributed by atoms with E-state index in [-0.39, 0.29) is 24.5 Å². The Kier molecular flexibility index (Phi) is 5.95. The lowest BCUT2D eigenvalue weighted by atomic mass is 10.1. The minimum Gasteiger partial charge on any atom is -0.332 e. The molecule has 0 saturated carbocycles. The number of amides is 3. The summed E-state index contributed by atoms with van der Waals surface area (Å²) in [4.78, 5) is 23.9. The topological polar surface area (TPSA) is 70.2 Å². The number of hydrogen-bond acceptors (Lipinski definition) is 2. The van der Waals surface area contributed by atoms with Crippen molar-refractivity contribution in [1.29, 1.82) is 0 Å². The Bertz CT molecular complexity index is 714. The maximum Gasteiger partial charge on any atom is 0.315 e. The summed E-state index contributed by atoms with van der Waals surface area (Å²) in [5.74, 6) is -0.258. The van der Waals surface area contributed by atoms with Gasteiger partial charge in [-0.05, 0) is 43.5 Å². The summed E-state index contributed by atoms with van der Waals surface area (Å²) in [7, 11) is 0. The fourth-order valence-electron chi connectivity index (χ4n) is 2.31. The minimum absolute atomic E-state index is 0.0826. The number of rotatable bonds is 5. The molecule has 1 atom stereocenters. The fourth-order valence-corrected chi connectivity index (χ4v) is 2.31. The Labute approximate surface area is 142 Å². The summed E-state index contributed by atoms with van der Waals surface area (Å²) in [6.45, 7) is 5.75. The molecule has 2 rings (SSSR count). The van der Waals surface area contributed by atoms with Gasteiger partial charge in [-0.3, -0.25) is 4.79 Å². The highest BCUT2D eigenvalue weighted by molar-refractivity contribution is 5.95. The van der Waals surface area contributed by atoms with Gasteiger partial charge in [0.05, 0.1) is 12.6 Å². The van der Waals surface area contributed by atoms with Crippen molar-refractivity contribution in [2.75, 3.05) is 11.9 Å². The van der Waals surface area contributed by atoms with E-state index in [1.165, 1.54) is 0 Å². The van der Waals surface area contributed by atoms with Crippen LogP contribution >= 0.6 is 0 Å². The van der Waals surface area contributed by atoms with Crippen LogP contribution < -0.4 is 16.0 Å². The average Bonchev–Trinajstić information content (AvgIpc) is 2.58. The van der Waals surface area contributed by atoms with E-state index in [2.05, 4.69) is 16.0 Å². The standard InChI is InChI=1S/C19H23N3O2/c1-13-8-7-11-17(14(13)2)22-18(23)12-20-19(24)21-15(3)16-9-5-4-6-10-16/h4-11,15H,12H2,1-3H3,(H,22,23)(H2,20,21,24)/t15-/m1/s1. The summed E-state index contributed by atoms with van der Waals surface area (Å²) in [5, 5.41) is 8.19. The Balaban J connectivity index is 1.81. The van der Waals surface area contributed by atoms with Gasteiger partial charge in [0.2, 0.25) is 5.91 Å². The Morgan fingerprint density at radius 2 is 1.71 bits per heavy atom. The predicted octanol–water partition coefficient (Wildman–Crippen LogP) is 3.30. The lowest BCUT2D eigenvalue weighted by Crippen LogP contribution is -2.41. The van der Waals surface area contributed by atoms with E-state index in [4.69, 9.17) is 0 Å². The number of hydrogen-bond donors (Lipinski definition) is 3. The monoisotopic (exact) mass is 325 g/mol. The highest BCUT2D eigenvalue weighted by Gasteiger charge is 2.11. The lowest BCUT2D eigenvalue weighted by Gasteiger charge is -2.15. The molecule has 0 bridgehead atoms. The molecule has 0 fully saturated rings. The van der Waals surface area contributed by atoms with E-state index in [1.54, 1.807) is 0 Å². The van der Waals surface area contributed by atoms with Gasteiger partial charge in [0.25, 0.3) is 0 Å². The molecule has 2 aromatic rings. The summed E-state index contributed by atoms with van der Waals surface area (Å²) < 4.78 is 0. The number of carbonyl (C=O) groups is 2. The molecule has 0 spiro atoms. The maximum atomic E-state index is 12.0. The molecule has 0 aliphatic rings. The molecule has 126 valence electrons. The van der Waals surface area contributed by atoms with Gasteiger partial charge < -0.3 is 16.0 Å². The molecule has 24 heavy (non-hydrogen) atoms. The van der Waals surface area contributed by atoms with Crippen LogP contribution in [0.1, 0.15) is 29.7 Å². The van der Waals surface area contributed by atoms with Crippen LogP contribution in [-0.4, -0.2) is 18.5 Å². The zero-order chi connectivity index (χ0) is 17.5. The maximum absolute atomic E-state index is 12.0. The van der Waals surface area contributed by atoms with Gasteiger partial charge in [0, 0.05) is 5.69 Å². The summed E-state index contributed by atoms with van der Waals surface area (Å²) in [6, 6.07) is 14.9. The van der Waals surface area contributed by atoms with Crippen molar-refractivity contribution >= 4 is 17.6 Å². The minimum atomic E-state index is -0.373. The van der Waals surface area contributed by atoms with Crippen molar-refractivity contribution in [3.05, 3.63) is 65.2 Å². The zero-order valence-corrected chi connectivity index (χ0v) is 14.2. The van der Waals surface area contributed by atoms with Crippen LogP contribution in [0.3, 0.4) is 0 Å². The SMILES string of the molecule is Cc1cccc(NC(=O)CNC(=O)N[C@H](C)c2ccccc2)c1C. The molecule has 0 saturated heterocycles. The molecule has 0 aliphatic carbocycles. The van der Waals surface area contributed by atoms with E-state index < -0.39 is 0 Å². The van der Waals surface area contributed by atoms with E-state index in [1.807, 2.05) is 69.3 Å². The van der Waals surface area contributed by atoms with Crippen LogP contribution in [0.25, 0.3) is 0 Å². The van der Waals surface area contributed by atoms with E-state index in [0.717, 1.165) is 22.4 Å². The Morgan fingerprint density at radius 1 is 1.00 bits per heavy atom. The van der Waals surface area contributed by atoms with E-state index in [0.29, 0.717) is 0 Å². The molecular formula is C19H23N3O2. The van der Waals surface area contributed by atoms with Crippen molar-refractivity contribution in [1.82, 2.24) is 10.6 Å². The summed E-state index contributed by atoms with van der Waals surface area (Å²) in [5.41, 5.74) is 3.90. The molecular weight excluding hydrogens is 302 g/mol. The molecule has 0 aliphatic heterocycles. The highest BCUT2D eigenvalue weighted by Crippen LogP contribution is 2.17. The van der Waals surface area contributed by atoms with Gasteiger partial charge in [-0.2, -0.15) is 0 Å². The number of benzene rings is 2. The van der Waals surface area contributed by atoms with E-state index >= 15 is 0 Å². The van der Waals surface area contributed by atoms with Gasteiger partial charge in [0.15, 0.2) is 0 Å². The largest absolute Gasteiger partial charge is 0.332 e. The normalized spacial score (nSPS) is 11.5. The molecule has 5 nitrogen and oxygen atoms in total. The van der Waals surface area contributed by atoms with Crippen LogP contribution in [0, 0.1) is 13.8 Å². The van der Waals surface area contributed by atoms with Crippen molar-refractivity contribution in [2.24, 2.45) is 0 Å². The number of urea groups is 1.